The van der Waals surface area contributed by atoms with Crippen LogP contribution in [0.2, 0.25) is 0 Å². The van der Waals surface area contributed by atoms with Crippen molar-refractivity contribution in [3.05, 3.63) is 84.7 Å². The SMILES string of the molecule is COc1ccc(-c2c[n+]3ccccc3n2-c2ccc(C)cc2)cc1.[Br-]. The molecular formula is C21H19BrN2O. The number of fused-ring (bicyclic) bond motifs is 1. The minimum Gasteiger partial charge on any atom is -1.00 e. The van der Waals surface area contributed by atoms with E-state index in [9.17, 15) is 0 Å². The third kappa shape index (κ3) is 3.17. The van der Waals surface area contributed by atoms with Crippen LogP contribution in [-0.2, 0) is 0 Å². The van der Waals surface area contributed by atoms with Crippen LogP contribution < -0.4 is 26.1 Å². The van der Waals surface area contributed by atoms with Crippen LogP contribution in [0.15, 0.2) is 79.1 Å². The molecule has 0 spiro atoms. The van der Waals surface area contributed by atoms with Crippen molar-refractivity contribution < 1.29 is 26.1 Å². The molecule has 2 heterocycles. The Morgan fingerprint density at radius 1 is 0.880 bits per heavy atom. The lowest BCUT2D eigenvalue weighted by molar-refractivity contribution is -0.510. The van der Waals surface area contributed by atoms with Crippen molar-refractivity contribution in [2.75, 3.05) is 7.11 Å². The van der Waals surface area contributed by atoms with Crippen LogP contribution in [0.4, 0.5) is 0 Å². The number of hydrogen-bond acceptors (Lipinski definition) is 1. The Kier molecular flexibility index (Phi) is 4.91. The summed E-state index contributed by atoms with van der Waals surface area (Å²) in [6.45, 7) is 2.11. The molecule has 2 aromatic carbocycles. The summed E-state index contributed by atoms with van der Waals surface area (Å²) in [5.41, 5.74) is 5.84. The molecule has 0 bridgehead atoms. The summed E-state index contributed by atoms with van der Waals surface area (Å²) in [4.78, 5) is 0. The van der Waals surface area contributed by atoms with Gasteiger partial charge in [0.25, 0.3) is 5.65 Å². The van der Waals surface area contributed by atoms with Gasteiger partial charge in [0.2, 0.25) is 0 Å². The second kappa shape index (κ2) is 7.11. The lowest BCUT2D eigenvalue weighted by Crippen LogP contribution is -3.00. The number of benzene rings is 2. The van der Waals surface area contributed by atoms with E-state index in [0.29, 0.717) is 0 Å². The molecule has 0 fully saturated rings. The summed E-state index contributed by atoms with van der Waals surface area (Å²) in [5, 5.41) is 0. The molecule has 0 aliphatic carbocycles. The van der Waals surface area contributed by atoms with Gasteiger partial charge in [0.1, 0.15) is 17.6 Å². The highest BCUT2D eigenvalue weighted by molar-refractivity contribution is 5.66. The third-order valence-corrected chi connectivity index (χ3v) is 4.28. The van der Waals surface area contributed by atoms with Gasteiger partial charge in [0.15, 0.2) is 5.69 Å². The van der Waals surface area contributed by atoms with Gasteiger partial charge < -0.3 is 21.7 Å². The standard InChI is InChI=1S/C21H19N2O.BrH/c1-16-6-10-18(11-7-16)23-20(15-22-14-4-3-5-21(22)23)17-8-12-19(24-2)13-9-17;/h3-15H,1-2H3;1H/q+1;/p-1. The number of aryl methyl sites for hydroxylation is 1. The average Bonchev–Trinajstić information content (AvgIpc) is 3.02. The Hall–Kier alpha value is -2.59. The fourth-order valence-electron chi connectivity index (χ4n) is 2.99. The molecule has 3 nitrogen and oxygen atoms in total. The first-order chi connectivity index (χ1) is 11.8. The van der Waals surface area contributed by atoms with E-state index in [1.165, 1.54) is 5.56 Å². The lowest BCUT2D eigenvalue weighted by atomic mass is 10.1. The first kappa shape index (κ1) is 17.2. The molecule has 25 heavy (non-hydrogen) atoms. The molecule has 0 amide bonds. The van der Waals surface area contributed by atoms with Crippen molar-refractivity contribution in [3.8, 4) is 22.7 Å². The largest absolute Gasteiger partial charge is 1.00 e. The van der Waals surface area contributed by atoms with Crippen molar-refractivity contribution in [2.45, 2.75) is 6.92 Å². The molecule has 0 aliphatic heterocycles. The van der Waals surface area contributed by atoms with Crippen LogP contribution in [0.25, 0.3) is 22.6 Å². The van der Waals surface area contributed by atoms with Gasteiger partial charge in [-0.1, -0.05) is 23.8 Å². The number of nitrogens with zero attached hydrogens (tertiary/aromatic N) is 2. The summed E-state index contributed by atoms with van der Waals surface area (Å²) in [6, 6.07) is 23.0. The van der Waals surface area contributed by atoms with Gasteiger partial charge in [-0.05, 0) is 49.4 Å². The molecule has 0 radical (unpaired) electrons. The number of ether oxygens (including phenoxy) is 1. The van der Waals surface area contributed by atoms with Crippen molar-refractivity contribution in [1.82, 2.24) is 4.57 Å². The molecule has 0 aliphatic rings. The minimum absolute atomic E-state index is 0. The molecule has 4 rings (SSSR count). The van der Waals surface area contributed by atoms with Gasteiger partial charge in [-0.25, -0.2) is 4.40 Å². The normalized spacial score (nSPS) is 10.5. The lowest BCUT2D eigenvalue weighted by Gasteiger charge is -2.04. The number of hydrogen-bond donors (Lipinski definition) is 0. The van der Waals surface area contributed by atoms with Crippen LogP contribution in [0, 0.1) is 6.92 Å². The number of halogens is 1. The summed E-state index contributed by atoms with van der Waals surface area (Å²) >= 11 is 0. The molecular weight excluding hydrogens is 376 g/mol. The van der Waals surface area contributed by atoms with E-state index in [-0.39, 0.29) is 17.0 Å². The summed E-state index contributed by atoms with van der Waals surface area (Å²) < 4.78 is 9.71. The maximum atomic E-state index is 5.28. The highest BCUT2D eigenvalue weighted by Gasteiger charge is 2.20. The molecule has 0 atom stereocenters. The van der Waals surface area contributed by atoms with E-state index in [1.807, 2.05) is 18.2 Å². The highest BCUT2D eigenvalue weighted by atomic mass is 79.9. The molecule has 0 unspecified atom stereocenters. The Bertz CT molecular complexity index is 989. The van der Waals surface area contributed by atoms with Crippen LogP contribution in [-0.4, -0.2) is 11.7 Å². The minimum atomic E-state index is 0. The van der Waals surface area contributed by atoms with Crippen LogP contribution in [0.3, 0.4) is 0 Å². The topological polar surface area (TPSA) is 18.3 Å². The molecule has 0 saturated heterocycles. The van der Waals surface area contributed by atoms with Gasteiger partial charge in [-0.3, -0.25) is 0 Å². The van der Waals surface area contributed by atoms with Gasteiger partial charge >= 0.3 is 0 Å². The Balaban J connectivity index is 0.00000182. The Morgan fingerprint density at radius 3 is 2.28 bits per heavy atom. The number of imidazole rings is 1. The second-order valence-electron chi connectivity index (χ2n) is 5.88. The smallest absolute Gasteiger partial charge is 0.291 e. The first-order valence-electron chi connectivity index (χ1n) is 7.99. The number of pyridine rings is 1. The second-order valence-corrected chi connectivity index (χ2v) is 5.88. The average molecular weight is 395 g/mol. The zero-order valence-corrected chi connectivity index (χ0v) is 15.8. The van der Waals surface area contributed by atoms with E-state index in [0.717, 1.165) is 28.3 Å². The van der Waals surface area contributed by atoms with Gasteiger partial charge in [0.05, 0.1) is 13.3 Å². The van der Waals surface area contributed by atoms with Gasteiger partial charge in [-0.15, -0.1) is 0 Å². The van der Waals surface area contributed by atoms with E-state index < -0.39 is 0 Å². The molecule has 4 aromatic rings. The molecule has 2 aromatic heterocycles. The predicted molar refractivity (Wildman–Crippen MR) is 95.7 cm³/mol. The van der Waals surface area contributed by atoms with E-state index in [4.69, 9.17) is 4.74 Å². The first-order valence-corrected chi connectivity index (χ1v) is 7.99. The van der Waals surface area contributed by atoms with E-state index >= 15 is 0 Å². The molecule has 0 saturated carbocycles. The molecule has 0 N–H and O–H groups in total. The zero-order chi connectivity index (χ0) is 16.5. The summed E-state index contributed by atoms with van der Waals surface area (Å²) in [6.07, 6.45) is 4.24. The summed E-state index contributed by atoms with van der Waals surface area (Å²) in [5.74, 6) is 0.865. The predicted octanol–water partition coefficient (Wildman–Crippen LogP) is 1.20. The number of aromatic nitrogens is 2. The van der Waals surface area contributed by atoms with E-state index in [1.54, 1.807) is 7.11 Å². The number of methoxy groups -OCH3 is 1. The van der Waals surface area contributed by atoms with Crippen molar-refractivity contribution in [1.29, 1.82) is 0 Å². The maximum Gasteiger partial charge on any atom is 0.291 e. The quantitative estimate of drug-likeness (QED) is 0.477. The van der Waals surface area contributed by atoms with Gasteiger partial charge in [-0.2, -0.15) is 4.57 Å². The molecule has 126 valence electrons. The third-order valence-electron chi connectivity index (χ3n) is 4.28. The van der Waals surface area contributed by atoms with Crippen LogP contribution in [0.1, 0.15) is 5.56 Å². The Labute approximate surface area is 157 Å². The van der Waals surface area contributed by atoms with Gasteiger partial charge in [0, 0.05) is 11.6 Å². The highest BCUT2D eigenvalue weighted by Crippen LogP contribution is 2.26. The Morgan fingerprint density at radius 2 is 1.60 bits per heavy atom. The fourth-order valence-corrected chi connectivity index (χ4v) is 2.99. The maximum absolute atomic E-state index is 5.28. The van der Waals surface area contributed by atoms with E-state index in [2.05, 4.69) is 76.8 Å². The van der Waals surface area contributed by atoms with Crippen molar-refractivity contribution >= 4 is 5.65 Å². The van der Waals surface area contributed by atoms with Crippen LogP contribution >= 0.6 is 0 Å². The van der Waals surface area contributed by atoms with Crippen molar-refractivity contribution in [2.24, 2.45) is 0 Å². The van der Waals surface area contributed by atoms with Crippen LogP contribution in [0.5, 0.6) is 5.75 Å². The summed E-state index contributed by atoms with van der Waals surface area (Å²) in [7, 11) is 1.69. The molecule has 4 heteroatoms. The zero-order valence-electron chi connectivity index (χ0n) is 14.2. The van der Waals surface area contributed by atoms with Crippen molar-refractivity contribution in [3.63, 3.8) is 0 Å². The fraction of sp³-hybridized carbons (Fsp3) is 0.0952. The number of rotatable bonds is 3. The monoisotopic (exact) mass is 394 g/mol.